The zero-order valence-electron chi connectivity index (χ0n) is 11.6. The normalized spacial score (nSPS) is 18.0. The lowest BCUT2D eigenvalue weighted by Gasteiger charge is -2.28. The van der Waals surface area contributed by atoms with E-state index < -0.39 is 18.0 Å². The summed E-state index contributed by atoms with van der Waals surface area (Å²) in [5, 5.41) is 24.0. The molecule has 7 nitrogen and oxygen atoms in total. The van der Waals surface area contributed by atoms with Crippen LogP contribution in [-0.4, -0.2) is 28.8 Å². The van der Waals surface area contributed by atoms with E-state index in [9.17, 15) is 19.8 Å². The average molecular weight is 292 g/mol. The van der Waals surface area contributed by atoms with Gasteiger partial charge in [0, 0.05) is 5.70 Å². The van der Waals surface area contributed by atoms with E-state index in [1.54, 1.807) is 13.8 Å². The summed E-state index contributed by atoms with van der Waals surface area (Å²) in [5.41, 5.74) is 1.10. The van der Waals surface area contributed by atoms with Crippen LogP contribution >= 0.6 is 0 Å². The van der Waals surface area contributed by atoms with E-state index in [1.807, 2.05) is 0 Å². The number of aromatic hydroxyl groups is 2. The summed E-state index contributed by atoms with van der Waals surface area (Å²) in [5.74, 6) is -1.17. The molecule has 112 valence electrons. The Morgan fingerprint density at radius 3 is 2.67 bits per heavy atom. The number of allylic oxidation sites excluding steroid dienone is 1. The second-order valence-electron chi connectivity index (χ2n) is 4.54. The Hall–Kier alpha value is -2.70. The maximum absolute atomic E-state index is 12.1. The van der Waals surface area contributed by atoms with Crippen molar-refractivity contribution in [3.05, 3.63) is 35.0 Å². The van der Waals surface area contributed by atoms with E-state index in [0.717, 1.165) is 0 Å². The molecule has 0 fully saturated rings. The summed E-state index contributed by atoms with van der Waals surface area (Å²) in [6.45, 7) is 3.49. The van der Waals surface area contributed by atoms with Crippen molar-refractivity contribution in [3.63, 3.8) is 0 Å². The van der Waals surface area contributed by atoms with Gasteiger partial charge in [-0.25, -0.2) is 9.59 Å². The number of ether oxygens (including phenoxy) is 1. The molecule has 0 saturated heterocycles. The van der Waals surface area contributed by atoms with E-state index in [1.165, 1.54) is 18.2 Å². The third kappa shape index (κ3) is 2.91. The molecule has 1 atom stereocenters. The number of rotatable bonds is 3. The van der Waals surface area contributed by atoms with E-state index in [4.69, 9.17) is 4.74 Å². The monoisotopic (exact) mass is 292 g/mol. The summed E-state index contributed by atoms with van der Waals surface area (Å²) >= 11 is 0. The molecule has 0 saturated carbocycles. The van der Waals surface area contributed by atoms with Gasteiger partial charge in [-0.1, -0.05) is 6.07 Å². The highest BCUT2D eigenvalue weighted by molar-refractivity contribution is 5.95. The Morgan fingerprint density at radius 2 is 2.05 bits per heavy atom. The minimum Gasteiger partial charge on any atom is -0.504 e. The summed E-state index contributed by atoms with van der Waals surface area (Å²) < 4.78 is 4.99. The molecule has 0 aliphatic carbocycles. The van der Waals surface area contributed by atoms with Gasteiger partial charge in [0.15, 0.2) is 11.5 Å². The number of phenolic OH excluding ortho intramolecular Hbond substituents is 2. The summed E-state index contributed by atoms with van der Waals surface area (Å²) in [7, 11) is 0. The fraction of sp³-hybridized carbons (Fsp3) is 0.286. The summed E-state index contributed by atoms with van der Waals surface area (Å²) in [6.07, 6.45) is 0. The van der Waals surface area contributed by atoms with E-state index in [2.05, 4.69) is 10.6 Å². The Balaban J connectivity index is 2.46. The number of amides is 2. The zero-order chi connectivity index (χ0) is 15.6. The first-order chi connectivity index (χ1) is 9.93. The first-order valence-corrected chi connectivity index (χ1v) is 6.41. The molecule has 1 aliphatic rings. The third-order valence-corrected chi connectivity index (χ3v) is 3.10. The maximum atomic E-state index is 12.1. The predicted molar refractivity (Wildman–Crippen MR) is 73.5 cm³/mol. The van der Waals surface area contributed by atoms with Gasteiger partial charge >= 0.3 is 12.0 Å². The van der Waals surface area contributed by atoms with Crippen LogP contribution in [0, 0.1) is 0 Å². The molecular formula is C14H16N2O5. The number of carbonyl (C=O) groups is 2. The minimum absolute atomic E-state index is 0.205. The fourth-order valence-electron chi connectivity index (χ4n) is 2.14. The van der Waals surface area contributed by atoms with Gasteiger partial charge in [-0.05, 0) is 31.5 Å². The molecule has 0 aromatic heterocycles. The van der Waals surface area contributed by atoms with E-state index in [-0.39, 0.29) is 23.7 Å². The van der Waals surface area contributed by atoms with Gasteiger partial charge in [0.2, 0.25) is 0 Å². The highest BCUT2D eigenvalue weighted by atomic mass is 16.5. The highest BCUT2D eigenvalue weighted by Gasteiger charge is 2.32. The van der Waals surface area contributed by atoms with Crippen LogP contribution in [0.5, 0.6) is 11.5 Å². The molecule has 2 rings (SSSR count). The number of esters is 1. The van der Waals surface area contributed by atoms with Crippen molar-refractivity contribution in [1.29, 1.82) is 0 Å². The second kappa shape index (κ2) is 5.74. The van der Waals surface area contributed by atoms with Crippen molar-refractivity contribution >= 4 is 12.0 Å². The minimum atomic E-state index is -0.760. The van der Waals surface area contributed by atoms with Crippen LogP contribution in [0.2, 0.25) is 0 Å². The topological polar surface area (TPSA) is 108 Å². The Kier molecular flexibility index (Phi) is 4.02. The molecule has 1 aromatic carbocycles. The lowest BCUT2D eigenvalue weighted by molar-refractivity contribution is -0.139. The number of urea groups is 1. The Morgan fingerprint density at radius 1 is 1.33 bits per heavy atom. The molecule has 2 amide bonds. The van der Waals surface area contributed by atoms with Crippen LogP contribution in [0.15, 0.2) is 29.5 Å². The SMILES string of the molecule is CCOC(=O)C1=C(C)NC(=O)N[C@H]1c1ccc(O)c(O)c1. The average Bonchev–Trinajstić information content (AvgIpc) is 2.41. The summed E-state index contributed by atoms with van der Waals surface area (Å²) in [4.78, 5) is 23.7. The van der Waals surface area contributed by atoms with Crippen LogP contribution in [-0.2, 0) is 9.53 Å². The standard InChI is InChI=1S/C14H16N2O5/c1-3-21-13(19)11-7(2)15-14(20)16-12(11)8-4-5-9(17)10(18)6-8/h4-6,12,17-18H,3H2,1-2H3,(H2,15,16,20)/t12-/m0/s1. The molecule has 4 N–H and O–H groups in total. The van der Waals surface area contributed by atoms with Crippen LogP contribution in [0.25, 0.3) is 0 Å². The van der Waals surface area contributed by atoms with E-state index >= 15 is 0 Å². The molecule has 1 heterocycles. The molecule has 0 radical (unpaired) electrons. The number of nitrogens with one attached hydrogen (secondary N) is 2. The van der Waals surface area contributed by atoms with Gasteiger partial charge in [-0.15, -0.1) is 0 Å². The molecule has 1 aromatic rings. The quantitative estimate of drug-likeness (QED) is 0.496. The fourth-order valence-corrected chi connectivity index (χ4v) is 2.14. The molecule has 0 bridgehead atoms. The number of hydrogen-bond acceptors (Lipinski definition) is 5. The first-order valence-electron chi connectivity index (χ1n) is 6.41. The predicted octanol–water partition coefficient (Wildman–Crippen LogP) is 1.29. The van der Waals surface area contributed by atoms with Crippen molar-refractivity contribution in [2.24, 2.45) is 0 Å². The lowest BCUT2D eigenvalue weighted by atomic mass is 9.95. The maximum Gasteiger partial charge on any atom is 0.338 e. The molecule has 0 unspecified atom stereocenters. The molecule has 21 heavy (non-hydrogen) atoms. The zero-order valence-corrected chi connectivity index (χ0v) is 11.6. The van der Waals surface area contributed by atoms with Gasteiger partial charge in [-0.2, -0.15) is 0 Å². The van der Waals surface area contributed by atoms with Gasteiger partial charge in [0.05, 0.1) is 18.2 Å². The number of benzene rings is 1. The van der Waals surface area contributed by atoms with Crippen molar-refractivity contribution in [2.45, 2.75) is 19.9 Å². The summed E-state index contributed by atoms with van der Waals surface area (Å²) in [6, 6.07) is 2.87. The highest BCUT2D eigenvalue weighted by Crippen LogP contribution is 2.33. The second-order valence-corrected chi connectivity index (χ2v) is 4.54. The number of hydrogen-bond donors (Lipinski definition) is 4. The van der Waals surface area contributed by atoms with Gasteiger partial charge < -0.3 is 25.6 Å². The molecular weight excluding hydrogens is 276 g/mol. The Labute approximate surface area is 121 Å². The van der Waals surface area contributed by atoms with Gasteiger partial charge in [-0.3, -0.25) is 0 Å². The number of phenols is 2. The smallest absolute Gasteiger partial charge is 0.338 e. The van der Waals surface area contributed by atoms with Gasteiger partial charge in [0.1, 0.15) is 0 Å². The van der Waals surface area contributed by atoms with Crippen LogP contribution in [0.4, 0.5) is 4.79 Å². The van der Waals surface area contributed by atoms with Crippen molar-refractivity contribution < 1.29 is 24.5 Å². The lowest BCUT2D eigenvalue weighted by Crippen LogP contribution is -2.45. The number of carbonyl (C=O) groups excluding carboxylic acids is 2. The van der Waals surface area contributed by atoms with Crippen molar-refractivity contribution in [2.75, 3.05) is 6.61 Å². The Bertz CT molecular complexity index is 624. The van der Waals surface area contributed by atoms with Crippen molar-refractivity contribution in [3.8, 4) is 11.5 Å². The van der Waals surface area contributed by atoms with Crippen LogP contribution < -0.4 is 10.6 Å². The largest absolute Gasteiger partial charge is 0.504 e. The van der Waals surface area contributed by atoms with E-state index in [0.29, 0.717) is 11.3 Å². The first kappa shape index (κ1) is 14.7. The van der Waals surface area contributed by atoms with Gasteiger partial charge in [0.25, 0.3) is 0 Å². The van der Waals surface area contributed by atoms with Crippen molar-refractivity contribution in [1.82, 2.24) is 10.6 Å². The molecule has 1 aliphatic heterocycles. The van der Waals surface area contributed by atoms with Crippen LogP contribution in [0.3, 0.4) is 0 Å². The third-order valence-electron chi connectivity index (χ3n) is 3.10. The molecule has 0 spiro atoms. The molecule has 7 heteroatoms. The van der Waals surface area contributed by atoms with Crippen LogP contribution in [0.1, 0.15) is 25.5 Å².